The number of ether oxygens (including phenoxy) is 1. The maximum atomic E-state index is 9.83. The van der Waals surface area contributed by atoms with Crippen LogP contribution in [0, 0.1) is 0 Å². The second-order valence-electron chi connectivity index (χ2n) is 5.17. The summed E-state index contributed by atoms with van der Waals surface area (Å²) >= 11 is 0. The lowest BCUT2D eigenvalue weighted by Crippen LogP contribution is -2.49. The van der Waals surface area contributed by atoms with Gasteiger partial charge in [-0.2, -0.15) is 0 Å². The van der Waals surface area contributed by atoms with Gasteiger partial charge in [0.05, 0.1) is 18.9 Å². The number of para-hydroxylation sites is 2. The van der Waals surface area contributed by atoms with Crippen LogP contribution in [0.5, 0.6) is 5.75 Å². The van der Waals surface area contributed by atoms with Crippen LogP contribution in [0.1, 0.15) is 0 Å². The molecule has 1 unspecified atom stereocenters. The van der Waals surface area contributed by atoms with Gasteiger partial charge in [0.25, 0.3) is 0 Å². The topological polar surface area (TPSA) is 48.0 Å². The van der Waals surface area contributed by atoms with Crippen molar-refractivity contribution < 1.29 is 9.84 Å². The monoisotopic (exact) mass is 387 g/mol. The van der Waals surface area contributed by atoms with Crippen molar-refractivity contribution in [1.29, 1.82) is 0 Å². The summed E-state index contributed by atoms with van der Waals surface area (Å²) in [5.41, 5.74) is 1.16. The van der Waals surface area contributed by atoms with E-state index in [9.17, 15) is 5.11 Å². The van der Waals surface area contributed by atoms with E-state index in [4.69, 9.17) is 4.74 Å². The smallest absolute Gasteiger partial charge is 0.142 e. The zero-order chi connectivity index (χ0) is 14.4. The molecule has 0 radical (unpaired) electrons. The molecule has 0 bridgehead atoms. The summed E-state index contributed by atoms with van der Waals surface area (Å²) in [5.74, 6) is 0.927. The number of halogens is 3. The van der Waals surface area contributed by atoms with E-state index in [0.29, 0.717) is 6.54 Å². The van der Waals surface area contributed by atoms with Crippen LogP contribution in [0.25, 0.3) is 0 Å². The zero-order valence-electron chi connectivity index (χ0n) is 13.6. The Morgan fingerprint density at radius 1 is 1.13 bits per heavy atom. The van der Waals surface area contributed by atoms with Gasteiger partial charge in [-0.3, -0.25) is 4.90 Å². The summed E-state index contributed by atoms with van der Waals surface area (Å²) in [6.07, 6.45) is -0.294. The minimum atomic E-state index is -0.294. The number of nitrogens with one attached hydrogen (secondary N) is 1. The molecule has 1 saturated heterocycles. The first-order valence-corrected chi connectivity index (χ1v) is 7.17. The highest BCUT2D eigenvalue weighted by molar-refractivity contribution is 5.86. The number of β-amino-alcohol motifs (C(OH)–C–C–N with tert-alkyl or cyclic N) is 1. The molecule has 5 nitrogen and oxygen atoms in total. The minimum absolute atomic E-state index is 0. The number of likely N-dealkylation sites (N-methyl/N-ethyl adjacent to an activating group) is 1. The number of aliphatic hydroxyl groups is 1. The van der Waals surface area contributed by atoms with Crippen molar-refractivity contribution in [2.45, 2.75) is 6.10 Å². The molecule has 0 aromatic heterocycles. The molecule has 0 aliphatic carbocycles. The Morgan fingerprint density at radius 2 is 1.74 bits per heavy atom. The fraction of sp³-hybridized carbons (Fsp3) is 0.600. The molecule has 0 spiro atoms. The van der Waals surface area contributed by atoms with Crippen LogP contribution in [-0.2, 0) is 0 Å². The van der Waals surface area contributed by atoms with Crippen LogP contribution < -0.4 is 15.0 Å². The molecule has 8 heteroatoms. The van der Waals surface area contributed by atoms with E-state index in [1.165, 1.54) is 0 Å². The zero-order valence-corrected chi connectivity index (χ0v) is 16.1. The minimum Gasteiger partial charge on any atom is -0.495 e. The van der Waals surface area contributed by atoms with Crippen LogP contribution in [-0.4, -0.2) is 69.5 Å². The second-order valence-corrected chi connectivity index (χ2v) is 5.17. The van der Waals surface area contributed by atoms with Crippen molar-refractivity contribution >= 4 is 42.9 Å². The van der Waals surface area contributed by atoms with Gasteiger partial charge in [0.15, 0.2) is 0 Å². The van der Waals surface area contributed by atoms with Crippen molar-refractivity contribution in [3.8, 4) is 5.75 Å². The summed E-state index contributed by atoms with van der Waals surface area (Å²) in [5, 5.41) is 12.8. The number of aliphatic hydroxyl groups excluding tert-OH is 1. The van der Waals surface area contributed by atoms with Crippen molar-refractivity contribution in [2.75, 3.05) is 58.3 Å². The number of anilines is 1. The molecule has 1 aliphatic heterocycles. The average molecular weight is 389 g/mol. The average Bonchev–Trinajstić information content (AvgIpc) is 2.48. The van der Waals surface area contributed by atoms with Crippen LogP contribution in [0.3, 0.4) is 0 Å². The summed E-state index contributed by atoms with van der Waals surface area (Å²) in [7, 11) is 3.58. The van der Waals surface area contributed by atoms with Crippen LogP contribution in [0.15, 0.2) is 24.3 Å². The Hall–Kier alpha value is -0.430. The predicted octanol–water partition coefficient (Wildman–Crippen LogP) is 1.66. The third kappa shape index (κ3) is 7.33. The number of hydrogen-bond acceptors (Lipinski definition) is 5. The Bertz CT molecular complexity index is 419. The number of nitrogens with zero attached hydrogens (tertiary/aromatic N) is 2. The molecule has 23 heavy (non-hydrogen) atoms. The molecule has 1 fully saturated rings. The molecular weight excluding hydrogens is 361 g/mol. The molecule has 2 N–H and O–H groups in total. The maximum absolute atomic E-state index is 9.83. The van der Waals surface area contributed by atoms with Gasteiger partial charge in [0, 0.05) is 39.3 Å². The Balaban J connectivity index is 0. The van der Waals surface area contributed by atoms with E-state index >= 15 is 0 Å². The fourth-order valence-corrected chi connectivity index (χ4v) is 2.66. The molecule has 1 aromatic carbocycles. The highest BCUT2D eigenvalue weighted by Gasteiger charge is 2.20. The third-order valence-corrected chi connectivity index (χ3v) is 3.71. The van der Waals surface area contributed by atoms with E-state index in [-0.39, 0.29) is 43.3 Å². The summed E-state index contributed by atoms with van der Waals surface area (Å²) in [6.45, 7) is 5.25. The number of methoxy groups -OCH3 is 1. The van der Waals surface area contributed by atoms with E-state index in [1.807, 2.05) is 25.2 Å². The number of hydrogen-bond donors (Lipinski definition) is 2. The van der Waals surface area contributed by atoms with Gasteiger partial charge in [-0.25, -0.2) is 0 Å². The predicted molar refractivity (Wildman–Crippen MR) is 103 cm³/mol. The molecule has 1 aromatic rings. The Labute approximate surface area is 157 Å². The highest BCUT2D eigenvalue weighted by Crippen LogP contribution is 2.28. The summed E-state index contributed by atoms with van der Waals surface area (Å²) in [6, 6.07) is 8.14. The van der Waals surface area contributed by atoms with E-state index in [0.717, 1.165) is 44.2 Å². The van der Waals surface area contributed by atoms with E-state index in [2.05, 4.69) is 21.2 Å². The number of benzene rings is 1. The molecule has 2 rings (SSSR count). The normalized spacial score (nSPS) is 15.7. The van der Waals surface area contributed by atoms with Crippen molar-refractivity contribution in [1.82, 2.24) is 10.2 Å². The van der Waals surface area contributed by atoms with E-state index in [1.54, 1.807) is 7.11 Å². The third-order valence-electron chi connectivity index (χ3n) is 3.71. The summed E-state index contributed by atoms with van der Waals surface area (Å²) < 4.78 is 5.42. The Morgan fingerprint density at radius 3 is 2.30 bits per heavy atom. The van der Waals surface area contributed by atoms with Crippen LogP contribution in [0.2, 0.25) is 0 Å². The van der Waals surface area contributed by atoms with Gasteiger partial charge in [0.1, 0.15) is 5.75 Å². The lowest BCUT2D eigenvalue weighted by atomic mass is 10.2. The van der Waals surface area contributed by atoms with Crippen molar-refractivity contribution in [3.63, 3.8) is 0 Å². The van der Waals surface area contributed by atoms with Crippen molar-refractivity contribution in [3.05, 3.63) is 24.3 Å². The fourth-order valence-electron chi connectivity index (χ4n) is 2.66. The first-order chi connectivity index (χ1) is 9.74. The highest BCUT2D eigenvalue weighted by atomic mass is 35.5. The lowest BCUT2D eigenvalue weighted by molar-refractivity contribution is 0.109. The molecule has 1 atom stereocenters. The van der Waals surface area contributed by atoms with Crippen molar-refractivity contribution in [2.24, 2.45) is 0 Å². The van der Waals surface area contributed by atoms with E-state index < -0.39 is 0 Å². The molecule has 0 saturated carbocycles. The summed E-state index contributed by atoms with van der Waals surface area (Å²) in [4.78, 5) is 4.66. The molecule has 1 heterocycles. The molecule has 0 amide bonds. The van der Waals surface area contributed by atoms with Gasteiger partial charge in [0.2, 0.25) is 0 Å². The van der Waals surface area contributed by atoms with Gasteiger partial charge in [-0.1, -0.05) is 12.1 Å². The molecule has 136 valence electrons. The first kappa shape index (κ1) is 24.8. The quantitative estimate of drug-likeness (QED) is 0.776. The van der Waals surface area contributed by atoms with Gasteiger partial charge >= 0.3 is 0 Å². The number of rotatable bonds is 6. The van der Waals surface area contributed by atoms with Gasteiger partial charge < -0.3 is 20.1 Å². The lowest BCUT2D eigenvalue weighted by Gasteiger charge is -2.37. The standard InChI is InChI=1S/C15H25N3O2.3ClH/c1-16-11-13(19)12-17-7-9-18(10-8-17)14-5-3-4-6-15(14)20-2;;;/h3-6,13,16,19H,7-12H2,1-2H3;3*1H. The number of piperazine rings is 1. The van der Waals surface area contributed by atoms with Crippen LogP contribution >= 0.6 is 37.2 Å². The van der Waals surface area contributed by atoms with Gasteiger partial charge in [-0.15, -0.1) is 37.2 Å². The van der Waals surface area contributed by atoms with Gasteiger partial charge in [-0.05, 0) is 19.2 Å². The van der Waals surface area contributed by atoms with Crippen LogP contribution in [0.4, 0.5) is 5.69 Å². The largest absolute Gasteiger partial charge is 0.495 e. The first-order valence-electron chi connectivity index (χ1n) is 7.17. The Kier molecular flexibility index (Phi) is 13.9. The SMILES string of the molecule is CNCC(O)CN1CCN(c2ccccc2OC)CC1.Cl.Cl.Cl. The maximum Gasteiger partial charge on any atom is 0.142 e. The second kappa shape index (κ2) is 12.9. The molecule has 1 aliphatic rings. The molecular formula is C15H28Cl3N3O2.